The maximum absolute atomic E-state index is 13.0. The van der Waals surface area contributed by atoms with E-state index < -0.39 is 23.6 Å². The fourth-order valence-corrected chi connectivity index (χ4v) is 3.60. The van der Waals surface area contributed by atoms with Crippen molar-refractivity contribution in [2.24, 2.45) is 0 Å². The van der Waals surface area contributed by atoms with Crippen LogP contribution in [0.25, 0.3) is 0 Å². The Balaban J connectivity index is 1.77. The molecular weight excluding hydrogens is 455 g/mol. The number of aromatic nitrogens is 1. The maximum atomic E-state index is 13.0. The summed E-state index contributed by atoms with van der Waals surface area (Å²) in [6.45, 7) is 1.01. The average molecular weight is 470 g/mol. The monoisotopic (exact) mass is 469 g/mol. The zero-order valence-electron chi connectivity index (χ0n) is 15.9. The van der Waals surface area contributed by atoms with Crippen molar-refractivity contribution < 1.29 is 27.5 Å². The van der Waals surface area contributed by atoms with Crippen LogP contribution < -0.4 is 10.6 Å². The Bertz CT molecular complexity index is 1130. The van der Waals surface area contributed by atoms with Crippen molar-refractivity contribution in [1.29, 1.82) is 0 Å². The summed E-state index contributed by atoms with van der Waals surface area (Å²) in [7, 11) is 0. The first kappa shape index (κ1) is 22.6. The van der Waals surface area contributed by atoms with Gasteiger partial charge in [0.05, 0.1) is 33.2 Å². The third kappa shape index (κ3) is 5.33. The molecule has 2 N–H and O–H groups in total. The van der Waals surface area contributed by atoms with Gasteiger partial charge in [0, 0.05) is 12.3 Å². The van der Waals surface area contributed by atoms with Crippen LogP contribution in [0.4, 0.5) is 29.7 Å². The average Bonchev–Trinajstić information content (AvgIpc) is 3.16. The molecule has 0 saturated carbocycles. The van der Waals surface area contributed by atoms with Crippen molar-refractivity contribution in [2.45, 2.75) is 19.7 Å². The molecule has 3 rings (SSSR count). The van der Waals surface area contributed by atoms with Gasteiger partial charge in [0.15, 0.2) is 5.13 Å². The second-order valence-electron chi connectivity index (χ2n) is 6.34. The zero-order valence-corrected chi connectivity index (χ0v) is 17.5. The number of alkyl halides is 3. The molecule has 11 heteroatoms. The molecule has 1 amide bonds. The number of rotatable bonds is 5. The highest BCUT2D eigenvalue weighted by Gasteiger charge is 2.31. The zero-order chi connectivity index (χ0) is 22.8. The molecule has 0 saturated heterocycles. The summed E-state index contributed by atoms with van der Waals surface area (Å²) in [6, 6.07) is 8.67. The molecule has 0 fully saturated rings. The first-order valence-corrected chi connectivity index (χ1v) is 9.96. The van der Waals surface area contributed by atoms with Crippen molar-refractivity contribution in [3.05, 3.63) is 69.7 Å². The summed E-state index contributed by atoms with van der Waals surface area (Å²) in [6.07, 6.45) is -4.55. The van der Waals surface area contributed by atoms with E-state index in [0.717, 1.165) is 28.4 Å². The minimum Gasteiger partial charge on any atom is -0.456 e. The first-order chi connectivity index (χ1) is 14.6. The number of esters is 1. The van der Waals surface area contributed by atoms with Crippen LogP contribution in [0.1, 0.15) is 28.5 Å². The van der Waals surface area contributed by atoms with Crippen LogP contribution in [-0.4, -0.2) is 16.9 Å². The number of nitrogens with zero attached hydrogens (tertiary/aromatic N) is 2. The van der Waals surface area contributed by atoms with Gasteiger partial charge in [-0.3, -0.25) is 9.69 Å². The molecule has 0 radical (unpaired) electrons. The van der Waals surface area contributed by atoms with E-state index in [1.807, 2.05) is 0 Å². The number of nitrogens with two attached hydrogens (primary N) is 1. The fraction of sp³-hybridized carbons (Fsp3) is 0.150. The normalized spacial score (nSPS) is 11.3. The fourth-order valence-electron chi connectivity index (χ4n) is 2.61. The van der Waals surface area contributed by atoms with Crippen molar-refractivity contribution in [2.75, 3.05) is 10.6 Å². The van der Waals surface area contributed by atoms with E-state index in [-0.39, 0.29) is 28.7 Å². The van der Waals surface area contributed by atoms with Crippen LogP contribution in [-0.2, 0) is 22.3 Å². The van der Waals surface area contributed by atoms with Gasteiger partial charge in [-0.15, -0.1) is 11.3 Å². The molecule has 3 aromatic rings. The number of hydrogen-bond acceptors (Lipinski definition) is 6. The van der Waals surface area contributed by atoms with Gasteiger partial charge in [-0.05, 0) is 36.4 Å². The first-order valence-electron chi connectivity index (χ1n) is 8.71. The van der Waals surface area contributed by atoms with E-state index in [1.54, 1.807) is 5.38 Å². The van der Waals surface area contributed by atoms with Crippen LogP contribution >= 0.6 is 22.9 Å². The molecule has 0 bridgehead atoms. The van der Waals surface area contributed by atoms with Crippen LogP contribution in [0.2, 0.25) is 5.02 Å². The minimum atomic E-state index is -4.55. The Hall–Kier alpha value is -3.11. The number of benzene rings is 2. The molecule has 0 unspecified atom stereocenters. The molecule has 0 aliphatic rings. The minimum absolute atomic E-state index is 0.0249. The molecule has 6 nitrogen and oxygen atoms in total. The molecule has 31 heavy (non-hydrogen) atoms. The van der Waals surface area contributed by atoms with Gasteiger partial charge in [-0.25, -0.2) is 9.78 Å². The highest BCUT2D eigenvalue weighted by atomic mass is 35.5. The Morgan fingerprint density at radius 1 is 1.23 bits per heavy atom. The van der Waals surface area contributed by atoms with Gasteiger partial charge in [0.2, 0.25) is 5.91 Å². The smallest absolute Gasteiger partial charge is 0.416 e. The SMILES string of the molecule is CC(=O)N(c1cccc(C(F)(F)F)c1)c1nc(COC(=O)c2ccc(Cl)c(N)c2)cs1. The summed E-state index contributed by atoms with van der Waals surface area (Å²) in [4.78, 5) is 29.6. The lowest BCUT2D eigenvalue weighted by molar-refractivity contribution is -0.137. The van der Waals surface area contributed by atoms with Crippen LogP contribution in [0.15, 0.2) is 47.8 Å². The Morgan fingerprint density at radius 3 is 2.61 bits per heavy atom. The Morgan fingerprint density at radius 2 is 1.97 bits per heavy atom. The number of amides is 1. The number of hydrogen-bond donors (Lipinski definition) is 1. The largest absolute Gasteiger partial charge is 0.456 e. The van der Waals surface area contributed by atoms with Crippen LogP contribution in [0.3, 0.4) is 0 Å². The molecular formula is C20H15ClF3N3O3S. The van der Waals surface area contributed by atoms with Crippen LogP contribution in [0.5, 0.6) is 0 Å². The van der Waals surface area contributed by atoms with E-state index in [4.69, 9.17) is 22.1 Å². The maximum Gasteiger partial charge on any atom is 0.416 e. The van der Waals surface area contributed by atoms with Crippen molar-refractivity contribution >= 4 is 51.3 Å². The number of halogens is 4. The van der Waals surface area contributed by atoms with Gasteiger partial charge >= 0.3 is 12.1 Å². The van der Waals surface area contributed by atoms with Gasteiger partial charge in [0.25, 0.3) is 0 Å². The quantitative estimate of drug-likeness (QED) is 0.397. The molecule has 1 aromatic heterocycles. The highest BCUT2D eigenvalue weighted by molar-refractivity contribution is 7.14. The van der Waals surface area contributed by atoms with E-state index >= 15 is 0 Å². The topological polar surface area (TPSA) is 85.5 Å². The van der Waals surface area contributed by atoms with Gasteiger partial charge in [0.1, 0.15) is 6.61 Å². The van der Waals surface area contributed by atoms with Crippen molar-refractivity contribution in [3.63, 3.8) is 0 Å². The van der Waals surface area contributed by atoms with E-state index in [9.17, 15) is 22.8 Å². The van der Waals surface area contributed by atoms with Gasteiger partial charge in [-0.1, -0.05) is 17.7 Å². The number of carbonyl (C=O) groups is 2. The van der Waals surface area contributed by atoms with Gasteiger partial charge < -0.3 is 10.5 Å². The van der Waals surface area contributed by atoms with E-state index in [1.165, 1.54) is 37.3 Å². The molecule has 2 aromatic carbocycles. The second kappa shape index (κ2) is 8.94. The third-order valence-corrected chi connectivity index (χ3v) is 5.28. The summed E-state index contributed by atoms with van der Waals surface area (Å²) in [5, 5.41) is 2.00. The summed E-state index contributed by atoms with van der Waals surface area (Å²) >= 11 is 6.85. The number of thiazole rings is 1. The summed E-state index contributed by atoms with van der Waals surface area (Å²) in [5.41, 5.74) is 5.56. The van der Waals surface area contributed by atoms with Crippen LogP contribution in [0, 0.1) is 0 Å². The third-order valence-electron chi connectivity index (χ3n) is 4.06. The molecule has 162 valence electrons. The molecule has 0 spiro atoms. The predicted molar refractivity (Wildman–Crippen MR) is 111 cm³/mol. The van der Waals surface area contributed by atoms with Crippen molar-refractivity contribution in [3.8, 4) is 0 Å². The number of nitrogen functional groups attached to an aromatic ring is 1. The standard InChI is InChI=1S/C20H15ClF3N3O3S/c1-11(28)27(15-4-2-3-13(8-15)20(22,23)24)19-26-14(10-31-19)9-30-18(29)12-5-6-16(21)17(25)7-12/h2-8,10H,9,25H2,1H3. The number of anilines is 3. The van der Waals surface area contributed by atoms with Gasteiger partial charge in [-0.2, -0.15) is 13.2 Å². The highest BCUT2D eigenvalue weighted by Crippen LogP contribution is 2.35. The number of ether oxygens (including phenoxy) is 1. The van der Waals surface area contributed by atoms with Crippen molar-refractivity contribution in [1.82, 2.24) is 4.98 Å². The summed E-state index contributed by atoms with van der Waals surface area (Å²) < 4.78 is 44.3. The van der Waals surface area contributed by atoms with E-state index in [2.05, 4.69) is 4.98 Å². The molecule has 0 aliphatic carbocycles. The Labute approximate surface area is 184 Å². The lowest BCUT2D eigenvalue weighted by atomic mass is 10.2. The number of carbonyl (C=O) groups excluding carboxylic acids is 2. The lowest BCUT2D eigenvalue weighted by Crippen LogP contribution is -2.23. The second-order valence-corrected chi connectivity index (χ2v) is 7.58. The molecule has 1 heterocycles. The summed E-state index contributed by atoms with van der Waals surface area (Å²) in [5.74, 6) is -1.17. The lowest BCUT2D eigenvalue weighted by Gasteiger charge is -2.19. The van der Waals surface area contributed by atoms with E-state index in [0.29, 0.717) is 10.7 Å². The predicted octanol–water partition coefficient (Wildman–Crippen LogP) is 5.44. The molecule has 0 aliphatic heterocycles. The molecule has 0 atom stereocenters. The Kier molecular flexibility index (Phi) is 6.51.